The average Bonchev–Trinajstić information content (AvgIpc) is 2.78. The van der Waals surface area contributed by atoms with Crippen molar-refractivity contribution in [2.24, 2.45) is 17.3 Å². The van der Waals surface area contributed by atoms with Gasteiger partial charge in [0.25, 0.3) is 0 Å². The van der Waals surface area contributed by atoms with Crippen LogP contribution in [0.3, 0.4) is 0 Å². The molecule has 0 spiro atoms. The van der Waals surface area contributed by atoms with Crippen LogP contribution in [0.4, 0.5) is 0 Å². The first-order valence-corrected chi connectivity index (χ1v) is 10.8. The fourth-order valence-electron chi connectivity index (χ4n) is 3.91. The third-order valence-corrected chi connectivity index (χ3v) is 6.93. The summed E-state index contributed by atoms with van der Waals surface area (Å²) >= 11 is 0. The lowest BCUT2D eigenvalue weighted by molar-refractivity contribution is -0.130. The zero-order valence-electron chi connectivity index (χ0n) is 18.7. The molecule has 0 saturated heterocycles. The molecule has 0 saturated carbocycles. The maximum atomic E-state index is 13.7. The summed E-state index contributed by atoms with van der Waals surface area (Å²) in [5.41, 5.74) is 2.25. The van der Waals surface area contributed by atoms with Gasteiger partial charge in [-0.3, -0.25) is 4.79 Å². The van der Waals surface area contributed by atoms with Crippen molar-refractivity contribution in [3.63, 3.8) is 0 Å². The van der Waals surface area contributed by atoms with E-state index >= 15 is 0 Å². The molecule has 3 aromatic carbocycles. The first-order valence-electron chi connectivity index (χ1n) is 10.8. The van der Waals surface area contributed by atoms with Crippen LogP contribution in [0.15, 0.2) is 91.0 Å². The standard InChI is InChI=1S/C28H33NO/c1-21(2)27(4,5)22(3)26(30)29-28(23-15-9-6-10-16-23,24-17-11-7-12-18-24)25-19-13-8-14-20-25/h6-22H,1-5H3,(H,29,30). The van der Waals surface area contributed by atoms with E-state index in [2.05, 4.69) is 69.4 Å². The predicted octanol–water partition coefficient (Wildman–Crippen LogP) is 6.41. The van der Waals surface area contributed by atoms with Gasteiger partial charge in [-0.25, -0.2) is 0 Å². The van der Waals surface area contributed by atoms with Crippen LogP contribution in [0, 0.1) is 17.3 Å². The van der Waals surface area contributed by atoms with E-state index in [0.29, 0.717) is 5.92 Å². The molecular formula is C28H33NO. The summed E-state index contributed by atoms with van der Waals surface area (Å²) in [5.74, 6) is 0.302. The molecule has 0 fully saturated rings. The Kier molecular flexibility index (Phi) is 6.45. The van der Waals surface area contributed by atoms with Crippen molar-refractivity contribution in [1.82, 2.24) is 5.32 Å². The molecule has 0 aliphatic rings. The normalized spacial score (nSPS) is 13.1. The predicted molar refractivity (Wildman–Crippen MR) is 125 cm³/mol. The maximum Gasteiger partial charge on any atom is 0.224 e. The minimum Gasteiger partial charge on any atom is -0.338 e. The van der Waals surface area contributed by atoms with Crippen molar-refractivity contribution in [3.8, 4) is 0 Å². The zero-order valence-corrected chi connectivity index (χ0v) is 18.7. The maximum absolute atomic E-state index is 13.7. The van der Waals surface area contributed by atoms with E-state index in [1.807, 2.05) is 61.5 Å². The lowest BCUT2D eigenvalue weighted by atomic mass is 9.70. The quantitative estimate of drug-likeness (QED) is 0.457. The molecule has 3 rings (SSSR count). The second-order valence-electron chi connectivity index (χ2n) is 9.04. The van der Waals surface area contributed by atoms with E-state index in [0.717, 1.165) is 16.7 Å². The van der Waals surface area contributed by atoms with Crippen LogP contribution in [0.5, 0.6) is 0 Å². The molecule has 2 nitrogen and oxygen atoms in total. The lowest BCUT2D eigenvalue weighted by Gasteiger charge is -2.41. The molecule has 0 heterocycles. The second-order valence-corrected chi connectivity index (χ2v) is 9.04. The van der Waals surface area contributed by atoms with Crippen LogP contribution < -0.4 is 5.32 Å². The summed E-state index contributed by atoms with van der Waals surface area (Å²) in [6.07, 6.45) is 0. The van der Waals surface area contributed by atoms with E-state index in [-0.39, 0.29) is 17.2 Å². The molecule has 0 aromatic heterocycles. The van der Waals surface area contributed by atoms with Gasteiger partial charge in [-0.1, -0.05) is 126 Å². The van der Waals surface area contributed by atoms with Gasteiger partial charge in [0.2, 0.25) is 5.91 Å². The highest BCUT2D eigenvalue weighted by molar-refractivity contribution is 5.82. The Morgan fingerprint density at radius 2 is 1.00 bits per heavy atom. The molecule has 1 N–H and O–H groups in total. The average molecular weight is 400 g/mol. The van der Waals surface area contributed by atoms with Crippen molar-refractivity contribution in [2.75, 3.05) is 0 Å². The summed E-state index contributed by atoms with van der Waals surface area (Å²) in [6, 6.07) is 30.8. The molecule has 0 radical (unpaired) electrons. The van der Waals surface area contributed by atoms with Crippen LogP contribution in [0.25, 0.3) is 0 Å². The first kappa shape index (κ1) is 21.8. The van der Waals surface area contributed by atoms with E-state index in [4.69, 9.17) is 0 Å². The van der Waals surface area contributed by atoms with Crippen molar-refractivity contribution in [3.05, 3.63) is 108 Å². The van der Waals surface area contributed by atoms with Crippen LogP contribution in [-0.2, 0) is 10.3 Å². The van der Waals surface area contributed by atoms with Crippen molar-refractivity contribution in [2.45, 2.75) is 40.2 Å². The van der Waals surface area contributed by atoms with Gasteiger partial charge in [0, 0.05) is 5.92 Å². The van der Waals surface area contributed by atoms with Crippen molar-refractivity contribution in [1.29, 1.82) is 0 Å². The summed E-state index contributed by atoms with van der Waals surface area (Å²) < 4.78 is 0. The van der Waals surface area contributed by atoms with Gasteiger partial charge in [-0.2, -0.15) is 0 Å². The van der Waals surface area contributed by atoms with Crippen molar-refractivity contribution >= 4 is 5.91 Å². The highest BCUT2D eigenvalue weighted by Crippen LogP contribution is 2.39. The molecule has 1 unspecified atom stereocenters. The third-order valence-electron chi connectivity index (χ3n) is 6.93. The number of hydrogen-bond donors (Lipinski definition) is 1. The van der Waals surface area contributed by atoms with E-state index in [9.17, 15) is 4.79 Å². The Bertz CT molecular complexity index is 849. The molecule has 30 heavy (non-hydrogen) atoms. The number of carbonyl (C=O) groups excluding carboxylic acids is 1. The topological polar surface area (TPSA) is 29.1 Å². The Morgan fingerprint density at radius 1 is 0.667 bits per heavy atom. The van der Waals surface area contributed by atoms with Gasteiger partial charge in [-0.05, 0) is 28.0 Å². The fourth-order valence-corrected chi connectivity index (χ4v) is 3.91. The van der Waals surface area contributed by atoms with Crippen LogP contribution in [0.1, 0.15) is 51.3 Å². The monoisotopic (exact) mass is 399 g/mol. The van der Waals surface area contributed by atoms with Crippen molar-refractivity contribution < 1.29 is 4.79 Å². The molecule has 0 bridgehead atoms. The van der Waals surface area contributed by atoms with Gasteiger partial charge < -0.3 is 5.32 Å². The van der Waals surface area contributed by atoms with Crippen LogP contribution in [-0.4, -0.2) is 5.91 Å². The summed E-state index contributed by atoms with van der Waals surface area (Å²) in [5, 5.41) is 3.50. The molecular weight excluding hydrogens is 366 g/mol. The summed E-state index contributed by atoms with van der Waals surface area (Å²) in [7, 11) is 0. The highest BCUT2D eigenvalue weighted by Gasteiger charge is 2.42. The first-order chi connectivity index (χ1) is 14.3. The lowest BCUT2D eigenvalue weighted by Crippen LogP contribution is -2.52. The number of rotatable bonds is 7. The van der Waals surface area contributed by atoms with Crippen LogP contribution in [0.2, 0.25) is 0 Å². The minimum absolute atomic E-state index is 0.0604. The minimum atomic E-state index is -0.762. The Hall–Kier alpha value is -2.87. The zero-order chi connectivity index (χ0) is 21.8. The Morgan fingerprint density at radius 3 is 1.30 bits per heavy atom. The SMILES string of the molecule is CC(C)C(C)(C)C(C)C(=O)NC(c1ccccc1)(c1ccccc1)c1ccccc1. The van der Waals surface area contributed by atoms with Gasteiger partial charge in [0.15, 0.2) is 0 Å². The second kappa shape index (κ2) is 8.87. The highest BCUT2D eigenvalue weighted by atomic mass is 16.2. The summed E-state index contributed by atoms with van der Waals surface area (Å²) in [6.45, 7) is 10.8. The molecule has 1 atom stereocenters. The molecule has 3 aromatic rings. The van der Waals surface area contributed by atoms with E-state index < -0.39 is 5.54 Å². The van der Waals surface area contributed by atoms with Gasteiger partial charge in [0.1, 0.15) is 5.54 Å². The molecule has 1 amide bonds. The van der Waals surface area contributed by atoms with E-state index in [1.165, 1.54) is 0 Å². The Balaban J connectivity index is 2.21. The van der Waals surface area contributed by atoms with Gasteiger partial charge in [-0.15, -0.1) is 0 Å². The summed E-state index contributed by atoms with van der Waals surface area (Å²) in [4.78, 5) is 13.7. The number of benzene rings is 3. The molecule has 156 valence electrons. The van der Waals surface area contributed by atoms with Gasteiger partial charge >= 0.3 is 0 Å². The molecule has 0 aliphatic carbocycles. The number of carbonyl (C=O) groups is 1. The number of amides is 1. The number of nitrogens with one attached hydrogen (secondary N) is 1. The smallest absolute Gasteiger partial charge is 0.224 e. The Labute approximate surface area is 181 Å². The fraction of sp³-hybridized carbons (Fsp3) is 0.321. The number of hydrogen-bond acceptors (Lipinski definition) is 1. The molecule has 0 aliphatic heterocycles. The van der Waals surface area contributed by atoms with Gasteiger partial charge in [0.05, 0.1) is 0 Å². The third kappa shape index (κ3) is 4.05. The largest absolute Gasteiger partial charge is 0.338 e. The molecule has 2 heteroatoms. The van der Waals surface area contributed by atoms with Crippen LogP contribution >= 0.6 is 0 Å². The van der Waals surface area contributed by atoms with E-state index in [1.54, 1.807) is 0 Å².